The van der Waals surface area contributed by atoms with Crippen molar-refractivity contribution >= 4 is 34.7 Å². The van der Waals surface area contributed by atoms with Crippen LogP contribution in [0, 0.1) is 0 Å². The van der Waals surface area contributed by atoms with Crippen molar-refractivity contribution in [2.45, 2.75) is 18.3 Å². The molecule has 2 aliphatic rings. The van der Waals surface area contributed by atoms with E-state index in [1.165, 1.54) is 21.6 Å². The zero-order valence-electron chi connectivity index (χ0n) is 30.2. The van der Waals surface area contributed by atoms with Crippen LogP contribution in [-0.4, -0.2) is 9.97 Å². The highest BCUT2D eigenvalue weighted by Crippen LogP contribution is 2.57. The first-order chi connectivity index (χ1) is 27.2. The van der Waals surface area contributed by atoms with Crippen molar-refractivity contribution in [1.29, 1.82) is 0 Å². The molecule has 0 saturated carbocycles. The van der Waals surface area contributed by atoms with Crippen LogP contribution in [0.3, 0.4) is 0 Å². The second kappa shape index (κ2) is 13.5. The minimum Gasteiger partial charge on any atom is -0.309 e. The minimum atomic E-state index is -3.16. The number of fused-ring (bicyclic) bond motifs is 4. The van der Waals surface area contributed by atoms with Gasteiger partial charge < -0.3 is 4.57 Å². The van der Waals surface area contributed by atoms with Gasteiger partial charge in [-0.3, -0.25) is 0 Å². The van der Waals surface area contributed by atoms with E-state index >= 15 is 4.57 Å². The van der Waals surface area contributed by atoms with E-state index in [1.54, 1.807) is 0 Å². The van der Waals surface area contributed by atoms with Crippen molar-refractivity contribution in [3.8, 4) is 22.5 Å². The minimum absolute atomic E-state index is 0.651. The third-order valence-electron chi connectivity index (χ3n) is 11.3. The normalized spacial score (nSPS) is 14.0. The van der Waals surface area contributed by atoms with Crippen molar-refractivity contribution in [2.24, 2.45) is 0 Å². The molecular weight excluding hydrogens is 688 g/mol. The molecule has 7 aromatic carbocycles. The smallest absolute Gasteiger partial charge is 0.171 e. The van der Waals surface area contributed by atoms with E-state index < -0.39 is 12.6 Å². The molecule has 0 spiro atoms. The van der Waals surface area contributed by atoms with Gasteiger partial charge in [-0.15, -0.1) is 0 Å². The Morgan fingerprint density at radius 1 is 0.509 bits per heavy atom. The molecule has 2 aliphatic carbocycles. The number of benzene rings is 7. The van der Waals surface area contributed by atoms with Gasteiger partial charge in [-0.2, -0.15) is 0 Å². The number of aromatic nitrogens is 2. The van der Waals surface area contributed by atoms with Gasteiger partial charge in [0.2, 0.25) is 0 Å². The molecule has 10 rings (SSSR count). The summed E-state index contributed by atoms with van der Waals surface area (Å²) in [6.07, 6.45) is 4.15. The Labute approximate surface area is 321 Å². The van der Waals surface area contributed by atoms with Crippen molar-refractivity contribution in [3.63, 3.8) is 0 Å². The van der Waals surface area contributed by atoms with E-state index in [-0.39, 0.29) is 0 Å². The van der Waals surface area contributed by atoms with E-state index in [9.17, 15) is 0 Å². The summed E-state index contributed by atoms with van der Waals surface area (Å²) in [6.45, 7) is 0. The molecule has 4 heteroatoms. The zero-order valence-corrected chi connectivity index (χ0v) is 31.1. The van der Waals surface area contributed by atoms with Crippen molar-refractivity contribution in [2.75, 3.05) is 0 Å². The molecule has 0 atom stereocenters. The highest BCUT2D eigenvalue weighted by Gasteiger charge is 2.49. The van der Waals surface area contributed by atoms with Crippen molar-refractivity contribution in [1.82, 2.24) is 9.97 Å². The van der Waals surface area contributed by atoms with Gasteiger partial charge in [0.25, 0.3) is 0 Å². The highest BCUT2D eigenvalue weighted by atomic mass is 31.2. The van der Waals surface area contributed by atoms with Crippen LogP contribution in [-0.2, 0) is 9.98 Å². The molecule has 1 heterocycles. The third kappa shape index (κ3) is 5.22. The Balaban J connectivity index is 1.27. The molecule has 0 aliphatic heterocycles. The third-order valence-corrected chi connectivity index (χ3v) is 14.4. The number of rotatable bonds is 7. The van der Waals surface area contributed by atoms with Gasteiger partial charge in [0, 0.05) is 27.0 Å². The standard InChI is InChI=1S/C51H37N2OP/c54-55(40-24-9-3-10-25-40,41-26-11-4-12-27-41)42-34-32-37(33-35-42)50-52-48(44-30-17-19-36-18-13-14-28-43(36)44)47-45-29-15-16-31-46(45)51(49(47)53-50,38-20-5-1-6-21-38)39-22-7-2-8-23-39/h1-16,18-29,31-35H,17,30H2. The van der Waals surface area contributed by atoms with E-state index in [4.69, 9.17) is 9.97 Å². The first-order valence-electron chi connectivity index (χ1n) is 18.9. The van der Waals surface area contributed by atoms with Crippen molar-refractivity contribution < 1.29 is 4.57 Å². The lowest BCUT2D eigenvalue weighted by atomic mass is 9.69. The largest absolute Gasteiger partial charge is 0.309 e. The molecule has 0 fully saturated rings. The molecule has 0 N–H and O–H groups in total. The van der Waals surface area contributed by atoms with Gasteiger partial charge in [-0.05, 0) is 51.1 Å². The highest BCUT2D eigenvalue weighted by molar-refractivity contribution is 7.85. The van der Waals surface area contributed by atoms with Crippen molar-refractivity contribution in [3.05, 3.63) is 233 Å². The molecule has 0 unspecified atom stereocenters. The summed E-state index contributed by atoms with van der Waals surface area (Å²) in [4.78, 5) is 11.2. The monoisotopic (exact) mass is 724 g/mol. The summed E-state index contributed by atoms with van der Waals surface area (Å²) < 4.78 is 15.3. The van der Waals surface area contributed by atoms with Crippen LogP contribution in [0.15, 0.2) is 194 Å². The molecule has 0 radical (unpaired) electrons. The molecule has 55 heavy (non-hydrogen) atoms. The Hall–Kier alpha value is -6.41. The summed E-state index contributed by atoms with van der Waals surface area (Å²) in [7, 11) is -3.16. The second-order valence-corrected chi connectivity index (χ2v) is 17.1. The van der Waals surface area contributed by atoms with Gasteiger partial charge in [0.15, 0.2) is 13.0 Å². The Morgan fingerprint density at radius 2 is 1.04 bits per heavy atom. The maximum atomic E-state index is 15.3. The molecule has 1 aromatic heterocycles. The number of hydrogen-bond donors (Lipinski definition) is 0. The van der Waals surface area contributed by atoms with Gasteiger partial charge in [-0.25, -0.2) is 9.97 Å². The molecule has 0 amide bonds. The molecule has 3 nitrogen and oxygen atoms in total. The molecule has 262 valence electrons. The van der Waals surface area contributed by atoms with Gasteiger partial charge in [-0.1, -0.05) is 200 Å². The van der Waals surface area contributed by atoms with Crippen LogP contribution in [0.2, 0.25) is 0 Å². The lowest BCUT2D eigenvalue weighted by molar-refractivity contribution is 0.592. The average Bonchev–Trinajstić information content (AvgIpc) is 3.58. The Kier molecular flexibility index (Phi) is 8.12. The van der Waals surface area contributed by atoms with Crippen LogP contribution in [0.1, 0.15) is 40.9 Å². The van der Waals surface area contributed by atoms with Crippen LogP contribution >= 0.6 is 7.14 Å². The Bertz CT molecular complexity index is 2790. The summed E-state index contributed by atoms with van der Waals surface area (Å²) >= 11 is 0. The van der Waals surface area contributed by atoms with Gasteiger partial charge >= 0.3 is 0 Å². The van der Waals surface area contributed by atoms with Crippen LogP contribution in [0.5, 0.6) is 0 Å². The number of hydrogen-bond acceptors (Lipinski definition) is 3. The average molecular weight is 725 g/mol. The van der Waals surface area contributed by atoms with Gasteiger partial charge in [0.1, 0.15) is 0 Å². The summed E-state index contributed by atoms with van der Waals surface area (Å²) in [6, 6.07) is 66.9. The maximum absolute atomic E-state index is 15.3. The molecule has 0 saturated heterocycles. The predicted molar refractivity (Wildman–Crippen MR) is 226 cm³/mol. The topological polar surface area (TPSA) is 42.9 Å². The molecule has 8 aromatic rings. The zero-order chi connectivity index (χ0) is 36.8. The van der Waals surface area contributed by atoms with Crippen LogP contribution in [0.4, 0.5) is 0 Å². The summed E-state index contributed by atoms with van der Waals surface area (Å²) in [5.74, 6) is 0.651. The van der Waals surface area contributed by atoms with Crippen LogP contribution in [0.25, 0.3) is 34.2 Å². The van der Waals surface area contributed by atoms with E-state index in [2.05, 4.69) is 127 Å². The van der Waals surface area contributed by atoms with E-state index in [0.717, 1.165) is 68.0 Å². The fourth-order valence-corrected chi connectivity index (χ4v) is 11.5. The first kappa shape index (κ1) is 33.2. The summed E-state index contributed by atoms with van der Waals surface area (Å²) in [5, 5.41) is 4.85. The quantitative estimate of drug-likeness (QED) is 0.154. The lowest BCUT2D eigenvalue weighted by Gasteiger charge is -2.33. The maximum Gasteiger partial charge on any atom is 0.171 e. The van der Waals surface area contributed by atoms with Crippen LogP contribution < -0.4 is 26.4 Å². The fourth-order valence-electron chi connectivity index (χ4n) is 8.86. The molecule has 0 bridgehead atoms. The van der Waals surface area contributed by atoms with E-state index in [1.807, 2.05) is 72.8 Å². The lowest BCUT2D eigenvalue weighted by Crippen LogP contribution is -2.31. The summed E-state index contributed by atoms with van der Waals surface area (Å²) in [5.41, 5.74) is 9.16. The predicted octanol–water partition coefficient (Wildman–Crippen LogP) is 8.92. The fraction of sp³-hybridized carbons (Fsp3) is 0.0588. The van der Waals surface area contributed by atoms with Gasteiger partial charge in [0.05, 0.1) is 16.8 Å². The number of nitrogens with zero attached hydrogens (tertiary/aromatic N) is 2. The first-order valence-corrected chi connectivity index (χ1v) is 20.6. The second-order valence-electron chi connectivity index (χ2n) is 14.3. The SMILES string of the molecule is O=P(c1ccccc1)(c1ccccc1)c1ccc(-c2nc(C3=c4ccccc4=CCC3)c3c(n2)C(c2ccccc2)(c2ccccc2)c2ccccc2-3)cc1. The van der Waals surface area contributed by atoms with E-state index in [0.29, 0.717) is 5.82 Å². The Morgan fingerprint density at radius 3 is 1.67 bits per heavy atom. The molecular formula is C51H37N2OP.